The SMILES string of the molecule is NCCC(=O)NNc1cc(Cl)cc(Cl)c1. The van der Waals surface area contributed by atoms with E-state index in [9.17, 15) is 4.79 Å². The van der Waals surface area contributed by atoms with Crippen LogP contribution in [0, 0.1) is 0 Å². The van der Waals surface area contributed by atoms with E-state index in [1.165, 1.54) is 0 Å². The van der Waals surface area contributed by atoms with Crippen molar-refractivity contribution < 1.29 is 4.79 Å². The fraction of sp³-hybridized carbons (Fsp3) is 0.222. The van der Waals surface area contributed by atoms with Crippen LogP contribution >= 0.6 is 23.2 Å². The lowest BCUT2D eigenvalue weighted by Crippen LogP contribution is -2.30. The van der Waals surface area contributed by atoms with Gasteiger partial charge in [-0.2, -0.15) is 0 Å². The molecule has 0 aliphatic carbocycles. The first-order chi connectivity index (χ1) is 7.11. The molecule has 0 saturated heterocycles. The molecule has 4 N–H and O–H groups in total. The van der Waals surface area contributed by atoms with Crippen molar-refractivity contribution in [1.82, 2.24) is 5.43 Å². The first-order valence-corrected chi connectivity index (χ1v) is 5.08. The number of benzene rings is 1. The van der Waals surface area contributed by atoms with Gasteiger partial charge in [0.05, 0.1) is 5.69 Å². The molecule has 0 saturated carbocycles. The Hall–Kier alpha value is -0.970. The predicted molar refractivity (Wildman–Crippen MR) is 61.9 cm³/mol. The summed E-state index contributed by atoms with van der Waals surface area (Å²) in [7, 11) is 0. The van der Waals surface area contributed by atoms with Crippen LogP contribution in [0.4, 0.5) is 5.69 Å². The quantitative estimate of drug-likeness (QED) is 0.711. The molecule has 0 bridgehead atoms. The van der Waals surface area contributed by atoms with E-state index in [-0.39, 0.29) is 12.3 Å². The maximum atomic E-state index is 11.1. The van der Waals surface area contributed by atoms with Crippen molar-refractivity contribution in [2.75, 3.05) is 12.0 Å². The van der Waals surface area contributed by atoms with Crippen LogP contribution < -0.4 is 16.6 Å². The molecule has 0 radical (unpaired) electrons. The molecule has 1 amide bonds. The van der Waals surface area contributed by atoms with Crippen LogP contribution in [0.1, 0.15) is 6.42 Å². The van der Waals surface area contributed by atoms with Crippen LogP contribution in [0.2, 0.25) is 10.0 Å². The third-order valence-electron chi connectivity index (χ3n) is 1.58. The van der Waals surface area contributed by atoms with Crippen molar-refractivity contribution in [1.29, 1.82) is 0 Å². The Morgan fingerprint density at radius 2 is 1.87 bits per heavy atom. The molecule has 0 aliphatic heterocycles. The highest BCUT2D eigenvalue weighted by Gasteiger charge is 2.00. The largest absolute Gasteiger partial charge is 0.330 e. The maximum absolute atomic E-state index is 11.1. The third kappa shape index (κ3) is 4.38. The molecule has 1 aromatic rings. The minimum atomic E-state index is -0.186. The molecular formula is C9H11Cl2N3O. The van der Waals surface area contributed by atoms with Crippen molar-refractivity contribution in [3.63, 3.8) is 0 Å². The van der Waals surface area contributed by atoms with Gasteiger partial charge in [-0.25, -0.2) is 0 Å². The normalized spacial score (nSPS) is 9.80. The Morgan fingerprint density at radius 1 is 1.27 bits per heavy atom. The molecule has 1 rings (SSSR count). The number of nitrogens with one attached hydrogen (secondary N) is 2. The summed E-state index contributed by atoms with van der Waals surface area (Å²) in [4.78, 5) is 11.1. The summed E-state index contributed by atoms with van der Waals surface area (Å²) in [5.74, 6) is -0.186. The van der Waals surface area contributed by atoms with Crippen molar-refractivity contribution in [2.45, 2.75) is 6.42 Å². The topological polar surface area (TPSA) is 67.2 Å². The van der Waals surface area contributed by atoms with Crippen LogP contribution in [0.25, 0.3) is 0 Å². The maximum Gasteiger partial charge on any atom is 0.239 e. The van der Waals surface area contributed by atoms with Gasteiger partial charge in [0.1, 0.15) is 0 Å². The average Bonchev–Trinajstić information content (AvgIpc) is 2.14. The highest BCUT2D eigenvalue weighted by molar-refractivity contribution is 6.35. The Labute approximate surface area is 97.7 Å². The average molecular weight is 248 g/mol. The van der Waals surface area contributed by atoms with E-state index >= 15 is 0 Å². The summed E-state index contributed by atoms with van der Waals surface area (Å²) in [6.07, 6.45) is 0.265. The molecular weight excluding hydrogens is 237 g/mol. The molecule has 1 aromatic carbocycles. The van der Waals surface area contributed by atoms with E-state index in [0.29, 0.717) is 22.3 Å². The van der Waals surface area contributed by atoms with Gasteiger partial charge in [0.25, 0.3) is 0 Å². The van der Waals surface area contributed by atoms with Gasteiger partial charge in [0.2, 0.25) is 5.91 Å². The van der Waals surface area contributed by atoms with Gasteiger partial charge in [0, 0.05) is 23.0 Å². The van der Waals surface area contributed by atoms with Crippen molar-refractivity contribution in [3.05, 3.63) is 28.2 Å². The number of amides is 1. The van der Waals surface area contributed by atoms with E-state index in [4.69, 9.17) is 28.9 Å². The van der Waals surface area contributed by atoms with Crippen LogP contribution in [-0.2, 0) is 4.79 Å². The minimum absolute atomic E-state index is 0.186. The van der Waals surface area contributed by atoms with Gasteiger partial charge >= 0.3 is 0 Å². The van der Waals surface area contributed by atoms with Crippen LogP contribution in [0.15, 0.2) is 18.2 Å². The Bertz CT molecular complexity index is 337. The number of anilines is 1. The van der Waals surface area contributed by atoms with Crippen molar-refractivity contribution in [2.24, 2.45) is 5.73 Å². The lowest BCUT2D eigenvalue weighted by molar-refractivity contribution is -0.120. The van der Waals surface area contributed by atoms with Gasteiger partial charge in [-0.15, -0.1) is 0 Å². The van der Waals surface area contributed by atoms with E-state index in [1.807, 2.05) is 0 Å². The molecule has 0 heterocycles. The van der Waals surface area contributed by atoms with Gasteiger partial charge in [-0.3, -0.25) is 15.6 Å². The highest BCUT2D eigenvalue weighted by atomic mass is 35.5. The van der Waals surface area contributed by atoms with Crippen molar-refractivity contribution >= 4 is 34.8 Å². The van der Waals surface area contributed by atoms with Crippen LogP contribution in [-0.4, -0.2) is 12.5 Å². The third-order valence-corrected chi connectivity index (χ3v) is 2.02. The van der Waals surface area contributed by atoms with Crippen LogP contribution in [0.3, 0.4) is 0 Å². The lowest BCUT2D eigenvalue weighted by atomic mass is 10.3. The molecule has 0 unspecified atom stereocenters. The standard InChI is InChI=1S/C9H11Cl2N3O/c10-6-3-7(11)5-8(4-6)13-14-9(15)1-2-12/h3-5,13H,1-2,12H2,(H,14,15). The zero-order valence-corrected chi connectivity index (χ0v) is 9.40. The van der Waals surface area contributed by atoms with E-state index in [1.54, 1.807) is 18.2 Å². The summed E-state index contributed by atoms with van der Waals surface area (Å²) in [6, 6.07) is 4.91. The van der Waals surface area contributed by atoms with E-state index in [0.717, 1.165) is 0 Å². The predicted octanol–water partition coefficient (Wildman–Crippen LogP) is 1.79. The number of halogens is 2. The van der Waals surface area contributed by atoms with Gasteiger partial charge < -0.3 is 5.73 Å². The number of carbonyl (C=O) groups is 1. The number of rotatable bonds is 4. The molecule has 0 aliphatic rings. The summed E-state index contributed by atoms with van der Waals surface area (Å²) < 4.78 is 0. The number of nitrogens with two attached hydrogens (primary N) is 1. The molecule has 0 spiro atoms. The molecule has 4 nitrogen and oxygen atoms in total. The monoisotopic (exact) mass is 247 g/mol. The van der Waals surface area contributed by atoms with Gasteiger partial charge in [-0.1, -0.05) is 23.2 Å². The number of hydrogen-bond donors (Lipinski definition) is 3. The summed E-state index contributed by atoms with van der Waals surface area (Å²) in [5.41, 5.74) is 11.0. The van der Waals surface area contributed by atoms with Gasteiger partial charge in [0.15, 0.2) is 0 Å². The zero-order valence-electron chi connectivity index (χ0n) is 7.89. The second kappa shape index (κ2) is 5.80. The fourth-order valence-electron chi connectivity index (χ4n) is 0.961. The summed E-state index contributed by atoms with van der Waals surface area (Å²) >= 11 is 11.5. The summed E-state index contributed by atoms with van der Waals surface area (Å²) in [5, 5.41) is 0.996. The zero-order chi connectivity index (χ0) is 11.3. The van der Waals surface area contributed by atoms with E-state index < -0.39 is 0 Å². The molecule has 6 heteroatoms. The second-order valence-electron chi connectivity index (χ2n) is 2.87. The number of carbonyl (C=O) groups excluding carboxylic acids is 1. The minimum Gasteiger partial charge on any atom is -0.330 e. The van der Waals surface area contributed by atoms with E-state index in [2.05, 4.69) is 10.9 Å². The lowest BCUT2D eigenvalue weighted by Gasteiger charge is -2.08. The number of hydrogen-bond acceptors (Lipinski definition) is 3. The van der Waals surface area contributed by atoms with Crippen LogP contribution in [0.5, 0.6) is 0 Å². The number of hydrazine groups is 1. The Balaban J connectivity index is 2.54. The van der Waals surface area contributed by atoms with Crippen molar-refractivity contribution in [3.8, 4) is 0 Å². The molecule has 0 atom stereocenters. The molecule has 0 fully saturated rings. The fourth-order valence-corrected chi connectivity index (χ4v) is 1.49. The van der Waals surface area contributed by atoms with Gasteiger partial charge in [-0.05, 0) is 18.2 Å². The Morgan fingerprint density at radius 3 is 2.40 bits per heavy atom. The highest BCUT2D eigenvalue weighted by Crippen LogP contribution is 2.21. The summed E-state index contributed by atoms with van der Waals surface area (Å²) in [6.45, 7) is 0.309. The smallest absolute Gasteiger partial charge is 0.239 e. The molecule has 82 valence electrons. The molecule has 15 heavy (non-hydrogen) atoms. The Kier molecular flexibility index (Phi) is 4.68. The first-order valence-electron chi connectivity index (χ1n) is 4.33. The first kappa shape index (κ1) is 12.1. The molecule has 0 aromatic heterocycles. The second-order valence-corrected chi connectivity index (χ2v) is 3.74.